The standard InChI is InChI=1S/C18H18N4OS/c1-2-18(23)21(12-16-11-20-24-14-16)9-8-15-10-19-22(13-15)17-6-4-3-5-7-17/h2-7,10-11,13-14H,1,8-9,12H2. The number of hydrogen-bond acceptors (Lipinski definition) is 4. The Hall–Kier alpha value is -2.73. The van der Waals surface area contributed by atoms with Crippen LogP contribution in [0.4, 0.5) is 0 Å². The molecule has 122 valence electrons. The second-order valence-electron chi connectivity index (χ2n) is 5.38. The summed E-state index contributed by atoms with van der Waals surface area (Å²) in [7, 11) is 0. The van der Waals surface area contributed by atoms with Gasteiger partial charge in [0.25, 0.3) is 0 Å². The first-order chi connectivity index (χ1) is 11.8. The van der Waals surface area contributed by atoms with Crippen LogP contribution in [0.25, 0.3) is 5.69 Å². The molecular formula is C18H18N4OS. The molecule has 1 amide bonds. The minimum absolute atomic E-state index is 0.0725. The molecular weight excluding hydrogens is 320 g/mol. The molecule has 0 bridgehead atoms. The van der Waals surface area contributed by atoms with Crippen molar-refractivity contribution in [2.75, 3.05) is 6.54 Å². The SMILES string of the molecule is C=CC(=O)N(CCc1cnn(-c2ccccc2)c1)Cc1cnsc1. The van der Waals surface area contributed by atoms with E-state index >= 15 is 0 Å². The van der Waals surface area contributed by atoms with Crippen LogP contribution in [0, 0.1) is 0 Å². The molecule has 0 radical (unpaired) electrons. The van der Waals surface area contributed by atoms with Gasteiger partial charge >= 0.3 is 0 Å². The zero-order valence-corrected chi connectivity index (χ0v) is 14.0. The molecule has 0 fully saturated rings. The third-order valence-corrected chi connectivity index (χ3v) is 4.31. The van der Waals surface area contributed by atoms with Gasteiger partial charge in [0.2, 0.25) is 5.91 Å². The summed E-state index contributed by atoms with van der Waals surface area (Å²) in [6.07, 6.45) is 7.73. The maximum Gasteiger partial charge on any atom is 0.246 e. The normalized spacial score (nSPS) is 10.5. The van der Waals surface area contributed by atoms with Crippen LogP contribution < -0.4 is 0 Å². The number of carbonyl (C=O) groups excluding carboxylic acids is 1. The van der Waals surface area contributed by atoms with E-state index in [2.05, 4.69) is 16.1 Å². The van der Waals surface area contributed by atoms with Crippen LogP contribution in [0.1, 0.15) is 11.1 Å². The molecule has 6 heteroatoms. The highest BCUT2D eigenvalue weighted by Crippen LogP contribution is 2.11. The maximum absolute atomic E-state index is 12.1. The van der Waals surface area contributed by atoms with Crippen molar-refractivity contribution in [2.24, 2.45) is 0 Å². The fourth-order valence-electron chi connectivity index (χ4n) is 2.40. The second kappa shape index (κ2) is 7.70. The Morgan fingerprint density at radius 3 is 2.79 bits per heavy atom. The van der Waals surface area contributed by atoms with Crippen molar-refractivity contribution in [3.05, 3.63) is 78.1 Å². The van der Waals surface area contributed by atoms with E-state index in [1.165, 1.54) is 17.6 Å². The third-order valence-electron chi connectivity index (χ3n) is 3.67. The van der Waals surface area contributed by atoms with Gasteiger partial charge in [0.05, 0.1) is 11.9 Å². The number of carbonyl (C=O) groups is 1. The molecule has 3 aromatic rings. The van der Waals surface area contributed by atoms with Crippen molar-refractivity contribution < 1.29 is 4.79 Å². The zero-order chi connectivity index (χ0) is 16.8. The molecule has 0 aliphatic rings. The van der Waals surface area contributed by atoms with Crippen molar-refractivity contribution in [1.29, 1.82) is 0 Å². The summed E-state index contributed by atoms with van der Waals surface area (Å²) in [6.45, 7) is 4.75. The van der Waals surface area contributed by atoms with Crippen LogP contribution >= 0.6 is 11.5 Å². The lowest BCUT2D eigenvalue weighted by Crippen LogP contribution is -2.30. The number of nitrogens with zero attached hydrogens (tertiary/aromatic N) is 4. The summed E-state index contributed by atoms with van der Waals surface area (Å²) in [5.74, 6) is -0.0725. The maximum atomic E-state index is 12.1. The third kappa shape index (κ3) is 3.97. The van der Waals surface area contributed by atoms with Crippen molar-refractivity contribution in [1.82, 2.24) is 19.1 Å². The minimum Gasteiger partial charge on any atom is -0.334 e. The van der Waals surface area contributed by atoms with Crippen LogP contribution in [0.15, 0.2) is 67.0 Å². The Balaban J connectivity index is 1.65. The molecule has 0 saturated carbocycles. The van der Waals surface area contributed by atoms with Gasteiger partial charge in [-0.2, -0.15) is 5.10 Å². The van der Waals surface area contributed by atoms with Gasteiger partial charge in [0.1, 0.15) is 0 Å². The summed E-state index contributed by atoms with van der Waals surface area (Å²) < 4.78 is 5.93. The Bertz CT molecular complexity index is 796. The molecule has 0 unspecified atom stereocenters. The van der Waals surface area contributed by atoms with E-state index in [1.54, 1.807) is 11.1 Å². The number of benzene rings is 1. The summed E-state index contributed by atoms with van der Waals surface area (Å²) >= 11 is 1.39. The van der Waals surface area contributed by atoms with Crippen LogP contribution in [0.2, 0.25) is 0 Å². The van der Waals surface area contributed by atoms with Gasteiger partial charge in [0, 0.05) is 36.4 Å². The van der Waals surface area contributed by atoms with Crippen molar-refractivity contribution in [2.45, 2.75) is 13.0 Å². The molecule has 0 N–H and O–H groups in total. The predicted octanol–water partition coefficient (Wildman–Crippen LogP) is 3.09. The Kier molecular flexibility index (Phi) is 5.18. The minimum atomic E-state index is -0.0725. The number of amides is 1. The molecule has 1 aromatic carbocycles. The first-order valence-corrected chi connectivity index (χ1v) is 8.48. The molecule has 3 rings (SSSR count). The van der Waals surface area contributed by atoms with E-state index in [-0.39, 0.29) is 5.91 Å². The lowest BCUT2D eigenvalue weighted by atomic mass is 10.2. The molecule has 2 aromatic heterocycles. The van der Waals surface area contributed by atoms with E-state index in [0.717, 1.165) is 23.2 Å². The van der Waals surface area contributed by atoms with E-state index in [9.17, 15) is 4.79 Å². The van der Waals surface area contributed by atoms with E-state index < -0.39 is 0 Å². The first-order valence-electron chi connectivity index (χ1n) is 7.65. The molecule has 2 heterocycles. The summed E-state index contributed by atoms with van der Waals surface area (Å²) in [5.41, 5.74) is 3.14. The van der Waals surface area contributed by atoms with Crippen LogP contribution in [-0.4, -0.2) is 31.5 Å². The van der Waals surface area contributed by atoms with Gasteiger partial charge in [-0.25, -0.2) is 9.06 Å². The van der Waals surface area contributed by atoms with Crippen molar-refractivity contribution in [3.63, 3.8) is 0 Å². The average molecular weight is 338 g/mol. The molecule has 0 aliphatic carbocycles. The number of rotatable bonds is 7. The van der Waals surface area contributed by atoms with Gasteiger partial charge in [-0.3, -0.25) is 4.79 Å². The fourth-order valence-corrected chi connectivity index (χ4v) is 2.92. The lowest BCUT2D eigenvalue weighted by Gasteiger charge is -2.20. The van der Waals surface area contributed by atoms with E-state index in [0.29, 0.717) is 13.1 Å². The summed E-state index contributed by atoms with van der Waals surface area (Å²) in [4.78, 5) is 13.8. The predicted molar refractivity (Wildman–Crippen MR) is 95.0 cm³/mol. The van der Waals surface area contributed by atoms with Gasteiger partial charge in [-0.1, -0.05) is 24.8 Å². The van der Waals surface area contributed by atoms with Crippen LogP contribution in [0.5, 0.6) is 0 Å². The zero-order valence-electron chi connectivity index (χ0n) is 13.2. The van der Waals surface area contributed by atoms with Gasteiger partial charge < -0.3 is 4.90 Å². The Morgan fingerprint density at radius 2 is 2.08 bits per heavy atom. The number of hydrogen-bond donors (Lipinski definition) is 0. The molecule has 0 spiro atoms. The smallest absolute Gasteiger partial charge is 0.246 e. The fraction of sp³-hybridized carbons (Fsp3) is 0.167. The van der Waals surface area contributed by atoms with Crippen molar-refractivity contribution in [3.8, 4) is 5.69 Å². The quantitative estimate of drug-likeness (QED) is 0.622. The number of aromatic nitrogens is 3. The monoisotopic (exact) mass is 338 g/mol. The molecule has 5 nitrogen and oxygen atoms in total. The van der Waals surface area contributed by atoms with E-state index in [1.807, 2.05) is 52.8 Å². The van der Waals surface area contributed by atoms with Crippen LogP contribution in [-0.2, 0) is 17.8 Å². The van der Waals surface area contributed by atoms with E-state index in [4.69, 9.17) is 0 Å². The molecule has 0 saturated heterocycles. The average Bonchev–Trinajstić information content (AvgIpc) is 3.30. The van der Waals surface area contributed by atoms with Crippen molar-refractivity contribution >= 4 is 17.4 Å². The largest absolute Gasteiger partial charge is 0.334 e. The first kappa shape index (κ1) is 16.1. The van der Waals surface area contributed by atoms with Gasteiger partial charge in [-0.15, -0.1) is 0 Å². The molecule has 0 atom stereocenters. The van der Waals surface area contributed by atoms with Gasteiger partial charge in [-0.05, 0) is 41.7 Å². The summed E-state index contributed by atoms with van der Waals surface area (Å²) in [6, 6.07) is 9.96. The van der Waals surface area contributed by atoms with Crippen LogP contribution in [0.3, 0.4) is 0 Å². The second-order valence-corrected chi connectivity index (χ2v) is 6.03. The Morgan fingerprint density at radius 1 is 1.25 bits per heavy atom. The molecule has 0 aliphatic heterocycles. The number of para-hydroxylation sites is 1. The highest BCUT2D eigenvalue weighted by Gasteiger charge is 2.12. The van der Waals surface area contributed by atoms with Gasteiger partial charge in [0.15, 0.2) is 0 Å². The highest BCUT2D eigenvalue weighted by atomic mass is 32.1. The topological polar surface area (TPSA) is 51.0 Å². The molecule has 24 heavy (non-hydrogen) atoms. The highest BCUT2D eigenvalue weighted by molar-refractivity contribution is 7.03. The summed E-state index contributed by atoms with van der Waals surface area (Å²) in [5, 5.41) is 6.35. The Labute approximate surface area is 145 Å². The lowest BCUT2D eigenvalue weighted by molar-refractivity contribution is -0.126.